The molecule has 0 radical (unpaired) electrons. The van der Waals surface area contributed by atoms with Gasteiger partial charge in [-0.1, -0.05) is 60.1 Å². The smallest absolute Gasteiger partial charge is 0.295 e. The van der Waals surface area contributed by atoms with E-state index in [0.29, 0.717) is 42.9 Å². The van der Waals surface area contributed by atoms with E-state index in [9.17, 15) is 32.8 Å². The molecule has 3 fully saturated rings. The number of carbonyl (C=O) groups is 3. The predicted octanol–water partition coefficient (Wildman–Crippen LogP) is 7.76. The molecule has 44 heavy (non-hydrogen) atoms. The van der Waals surface area contributed by atoms with Gasteiger partial charge in [0, 0.05) is 16.7 Å². The number of halogens is 3. The summed E-state index contributed by atoms with van der Waals surface area (Å²) in [6, 6.07) is 2.12. The van der Waals surface area contributed by atoms with E-state index in [-0.39, 0.29) is 28.5 Å². The van der Waals surface area contributed by atoms with Gasteiger partial charge in [-0.3, -0.25) is 19.0 Å². The zero-order valence-corrected chi connectivity index (χ0v) is 26.7. The minimum atomic E-state index is -4.74. The number of hydrogen-bond acceptors (Lipinski definition) is 5. The molecule has 0 amide bonds. The molecule has 1 aromatic rings. The highest BCUT2D eigenvalue weighted by molar-refractivity contribution is 6.04. The number of nitriles is 1. The molecule has 0 aromatic carbocycles. The summed E-state index contributed by atoms with van der Waals surface area (Å²) in [5.41, 5.74) is -3.84. The number of nitrogens with zero attached hydrogens (tertiary/aromatic N) is 3. The van der Waals surface area contributed by atoms with Crippen LogP contribution in [0.15, 0.2) is 35.8 Å². The van der Waals surface area contributed by atoms with Crippen LogP contribution in [0, 0.1) is 61.6 Å². The molecule has 9 heteroatoms. The normalized spacial score (nSPS) is 40.8. The number of rotatable bonds is 1. The lowest BCUT2D eigenvalue weighted by atomic mass is 9.34. The summed E-state index contributed by atoms with van der Waals surface area (Å²) in [6.07, 6.45) is 4.48. The topological polar surface area (TPSA) is 92.8 Å². The van der Waals surface area contributed by atoms with Crippen LogP contribution in [0.25, 0.3) is 0 Å². The zero-order valence-electron chi connectivity index (χ0n) is 26.7. The molecular weight excluding hydrogens is 567 g/mol. The molecule has 7 unspecified atom stereocenters. The van der Waals surface area contributed by atoms with E-state index in [1.165, 1.54) is 0 Å². The summed E-state index contributed by atoms with van der Waals surface area (Å²) in [5.74, 6) is -1.95. The van der Waals surface area contributed by atoms with Crippen LogP contribution in [0.5, 0.6) is 0 Å². The van der Waals surface area contributed by atoms with Crippen LogP contribution in [0.3, 0.4) is 0 Å². The van der Waals surface area contributed by atoms with E-state index >= 15 is 0 Å². The van der Waals surface area contributed by atoms with E-state index in [2.05, 4.69) is 45.7 Å². The summed E-state index contributed by atoms with van der Waals surface area (Å²) >= 11 is 0. The molecule has 5 aliphatic rings. The van der Waals surface area contributed by atoms with Gasteiger partial charge in [-0.05, 0) is 79.1 Å². The lowest BCUT2D eigenvalue weighted by molar-refractivity contribution is -0.165. The van der Waals surface area contributed by atoms with Gasteiger partial charge in [0.05, 0.1) is 17.2 Å². The van der Waals surface area contributed by atoms with Crippen molar-refractivity contribution in [2.75, 3.05) is 0 Å². The average Bonchev–Trinajstić information content (AvgIpc) is 3.42. The quantitative estimate of drug-likeness (QED) is 0.324. The van der Waals surface area contributed by atoms with Crippen LogP contribution >= 0.6 is 0 Å². The van der Waals surface area contributed by atoms with Gasteiger partial charge in [0.2, 0.25) is 5.91 Å². The third kappa shape index (κ3) is 3.78. The fourth-order valence-corrected chi connectivity index (χ4v) is 10.9. The highest BCUT2D eigenvalue weighted by Crippen LogP contribution is 2.74. The SMILES string of the molecule is CC1(C)CCC2(C(=O)n3cncc3C(F)(F)F)CCC3(C)C(C(=O)C=C4C5(C)C=C(C#N)C(=O)C(C)(C)C5CCC43C)C2C1. The monoisotopic (exact) mass is 609 g/mol. The zero-order chi connectivity index (χ0) is 32.5. The summed E-state index contributed by atoms with van der Waals surface area (Å²) < 4.78 is 42.6. The Morgan fingerprint density at radius 3 is 2.32 bits per heavy atom. The number of alkyl halides is 3. The number of ketones is 2. The highest BCUT2D eigenvalue weighted by Gasteiger charge is 2.71. The Morgan fingerprint density at radius 1 is 1.02 bits per heavy atom. The molecular formula is C35H42F3N3O3. The molecule has 1 aromatic heterocycles. The highest BCUT2D eigenvalue weighted by atomic mass is 19.4. The van der Waals surface area contributed by atoms with Crippen LogP contribution in [0.4, 0.5) is 13.2 Å². The van der Waals surface area contributed by atoms with E-state index in [0.717, 1.165) is 24.7 Å². The molecule has 6 rings (SSSR count). The molecule has 0 spiro atoms. The van der Waals surface area contributed by atoms with Crippen molar-refractivity contribution in [1.29, 1.82) is 5.26 Å². The van der Waals surface area contributed by atoms with E-state index in [1.54, 1.807) is 12.2 Å². The van der Waals surface area contributed by atoms with Crippen molar-refractivity contribution in [3.8, 4) is 6.07 Å². The maximum Gasteiger partial charge on any atom is 0.433 e. The average molecular weight is 610 g/mol. The Hall–Kier alpha value is -3.02. The number of imidazole rings is 1. The van der Waals surface area contributed by atoms with E-state index < -0.39 is 56.7 Å². The largest absolute Gasteiger partial charge is 0.433 e. The minimum absolute atomic E-state index is 0.0909. The van der Waals surface area contributed by atoms with Crippen molar-refractivity contribution in [3.63, 3.8) is 0 Å². The van der Waals surface area contributed by atoms with Crippen LogP contribution in [0.2, 0.25) is 0 Å². The Bertz CT molecular complexity index is 1590. The van der Waals surface area contributed by atoms with Crippen molar-refractivity contribution in [3.05, 3.63) is 41.5 Å². The molecule has 0 saturated heterocycles. The summed E-state index contributed by atoms with van der Waals surface area (Å²) in [6.45, 7) is 14.4. The van der Waals surface area contributed by atoms with Gasteiger partial charge in [0.1, 0.15) is 18.1 Å². The third-order valence-corrected chi connectivity index (χ3v) is 13.4. The predicted molar refractivity (Wildman–Crippen MR) is 157 cm³/mol. The maximum absolute atomic E-state index is 14.6. The van der Waals surface area contributed by atoms with Crippen molar-refractivity contribution >= 4 is 17.5 Å². The molecule has 0 aliphatic heterocycles. The summed E-state index contributed by atoms with van der Waals surface area (Å²) in [5, 5.41) is 9.92. The van der Waals surface area contributed by atoms with Crippen LogP contribution < -0.4 is 0 Å². The molecule has 0 N–H and O–H groups in total. The van der Waals surface area contributed by atoms with Crippen molar-refractivity contribution in [2.24, 2.45) is 50.2 Å². The van der Waals surface area contributed by atoms with E-state index in [1.807, 2.05) is 13.8 Å². The van der Waals surface area contributed by atoms with Crippen molar-refractivity contribution in [1.82, 2.24) is 9.55 Å². The standard InChI is InChI=1S/C35H42F3N3O3/c1-29(2)10-12-34(28(44)41-19-40-18-25(41)35(36,37)38)13-11-33(7)26(21(34)16-29)22(42)14-24-31(5)15-20(17-39)27(43)30(3,4)23(31)8-9-32(24,33)6/h14-15,18-19,21,23,26H,8-13,16H2,1-7H3. The second-order valence-corrected chi connectivity index (χ2v) is 16.4. The second kappa shape index (κ2) is 9.04. The molecule has 6 nitrogen and oxygen atoms in total. The fourth-order valence-electron chi connectivity index (χ4n) is 10.9. The first kappa shape index (κ1) is 31.0. The Balaban J connectivity index is 1.52. The van der Waals surface area contributed by atoms with Gasteiger partial charge in [0.25, 0.3) is 0 Å². The molecule has 1 heterocycles. The fraction of sp³-hybridized carbons (Fsp3) is 0.686. The minimum Gasteiger partial charge on any atom is -0.295 e. The number of hydrogen-bond donors (Lipinski definition) is 0. The number of allylic oxidation sites excluding steroid dienone is 4. The van der Waals surface area contributed by atoms with Gasteiger partial charge < -0.3 is 0 Å². The Morgan fingerprint density at radius 2 is 1.68 bits per heavy atom. The first-order chi connectivity index (χ1) is 20.2. The van der Waals surface area contributed by atoms with Crippen molar-refractivity contribution < 1.29 is 27.6 Å². The molecule has 236 valence electrons. The molecule has 5 aliphatic carbocycles. The lowest BCUT2D eigenvalue weighted by Crippen LogP contribution is -2.66. The van der Waals surface area contributed by atoms with Crippen LogP contribution in [-0.4, -0.2) is 27.0 Å². The molecule has 7 atom stereocenters. The second-order valence-electron chi connectivity index (χ2n) is 16.4. The summed E-state index contributed by atoms with van der Waals surface area (Å²) in [4.78, 5) is 46.0. The Labute approximate surface area is 257 Å². The Kier molecular flexibility index (Phi) is 6.36. The van der Waals surface area contributed by atoms with Gasteiger partial charge in [0.15, 0.2) is 11.6 Å². The number of fused-ring (bicyclic) bond motifs is 7. The number of Topliss-reactive ketones (excluding diaryl/α,β-unsaturated/α-hetero) is 1. The number of aromatic nitrogens is 2. The van der Waals surface area contributed by atoms with Crippen LogP contribution in [-0.2, 0) is 15.8 Å². The lowest BCUT2D eigenvalue weighted by Gasteiger charge is -2.69. The van der Waals surface area contributed by atoms with Crippen LogP contribution in [0.1, 0.15) is 104 Å². The third-order valence-electron chi connectivity index (χ3n) is 13.4. The van der Waals surface area contributed by atoms with E-state index in [4.69, 9.17) is 0 Å². The van der Waals surface area contributed by atoms with Gasteiger partial charge in [-0.15, -0.1) is 0 Å². The van der Waals surface area contributed by atoms with Gasteiger partial charge in [-0.2, -0.15) is 18.4 Å². The van der Waals surface area contributed by atoms with Gasteiger partial charge >= 0.3 is 6.18 Å². The molecule has 0 bridgehead atoms. The summed E-state index contributed by atoms with van der Waals surface area (Å²) in [7, 11) is 0. The first-order valence-electron chi connectivity index (χ1n) is 15.8. The van der Waals surface area contributed by atoms with Gasteiger partial charge in [-0.25, -0.2) is 4.98 Å². The van der Waals surface area contributed by atoms with Crippen molar-refractivity contribution in [2.45, 2.75) is 99.6 Å². The number of carbonyl (C=O) groups excluding carboxylic acids is 3. The first-order valence-corrected chi connectivity index (χ1v) is 15.8. The maximum atomic E-state index is 14.6. The molecule has 3 saturated carbocycles.